The van der Waals surface area contributed by atoms with E-state index in [0.29, 0.717) is 11.9 Å². The molecule has 3 heterocycles. The molecule has 7 heteroatoms. The number of carbonyl (C=O) groups excluding carboxylic acids is 1. The van der Waals surface area contributed by atoms with Gasteiger partial charge in [0, 0.05) is 62.6 Å². The molecule has 0 unspecified atom stereocenters. The molecular formula is C20H34N6O. The Morgan fingerprint density at radius 1 is 1.15 bits per heavy atom. The Morgan fingerprint density at radius 3 is 2.37 bits per heavy atom. The molecule has 2 fully saturated rings. The van der Waals surface area contributed by atoms with Crippen molar-refractivity contribution in [3.05, 3.63) is 17.1 Å². The predicted octanol–water partition coefficient (Wildman–Crippen LogP) is 1.58. The van der Waals surface area contributed by atoms with Gasteiger partial charge in [-0.1, -0.05) is 0 Å². The van der Waals surface area contributed by atoms with Gasteiger partial charge in [0.15, 0.2) is 0 Å². The lowest BCUT2D eigenvalue weighted by Crippen LogP contribution is -2.47. The van der Waals surface area contributed by atoms with E-state index in [2.05, 4.69) is 33.6 Å². The maximum Gasteiger partial charge on any atom is 0.291 e. The average molecular weight is 375 g/mol. The Kier molecular flexibility index (Phi) is 6.01. The van der Waals surface area contributed by atoms with E-state index in [0.717, 1.165) is 62.5 Å². The zero-order valence-corrected chi connectivity index (χ0v) is 17.4. The van der Waals surface area contributed by atoms with Gasteiger partial charge in [0.1, 0.15) is 5.82 Å². The summed E-state index contributed by atoms with van der Waals surface area (Å²) in [6.07, 6.45) is 2.96. The van der Waals surface area contributed by atoms with Crippen LogP contribution in [0.4, 0.5) is 5.82 Å². The summed E-state index contributed by atoms with van der Waals surface area (Å²) in [4.78, 5) is 28.8. The van der Waals surface area contributed by atoms with Crippen LogP contribution in [0.1, 0.15) is 55.0 Å². The van der Waals surface area contributed by atoms with Crippen molar-refractivity contribution >= 4 is 11.7 Å². The molecule has 2 aliphatic rings. The van der Waals surface area contributed by atoms with Crippen molar-refractivity contribution in [1.82, 2.24) is 19.8 Å². The van der Waals surface area contributed by atoms with Gasteiger partial charge in [0.2, 0.25) is 5.82 Å². The van der Waals surface area contributed by atoms with Gasteiger partial charge in [-0.25, -0.2) is 9.97 Å². The second-order valence-corrected chi connectivity index (χ2v) is 8.35. The molecule has 0 saturated carbocycles. The lowest BCUT2D eigenvalue weighted by Gasteiger charge is -2.38. The SMILES string of the molecule is Cc1nc(C(=O)N(C)C2CCN(C(C)C)CC2)nc(N2CC[C@@H](N)C2)c1C. The van der Waals surface area contributed by atoms with E-state index >= 15 is 0 Å². The first-order valence-corrected chi connectivity index (χ1v) is 10.1. The molecule has 0 aromatic carbocycles. The number of amides is 1. The second kappa shape index (κ2) is 8.10. The van der Waals surface area contributed by atoms with E-state index in [4.69, 9.17) is 5.73 Å². The average Bonchev–Trinajstić information content (AvgIpc) is 3.08. The van der Waals surface area contributed by atoms with E-state index < -0.39 is 0 Å². The minimum Gasteiger partial charge on any atom is -0.355 e. The highest BCUT2D eigenvalue weighted by molar-refractivity contribution is 5.91. The maximum atomic E-state index is 13.1. The molecule has 1 atom stereocenters. The third-order valence-corrected chi connectivity index (χ3v) is 6.18. The first-order valence-electron chi connectivity index (χ1n) is 10.1. The van der Waals surface area contributed by atoms with E-state index in [1.54, 1.807) is 0 Å². The molecule has 150 valence electrons. The van der Waals surface area contributed by atoms with Gasteiger partial charge in [-0.2, -0.15) is 0 Å². The zero-order chi connectivity index (χ0) is 19.7. The number of hydrogen-bond donors (Lipinski definition) is 1. The third-order valence-electron chi connectivity index (χ3n) is 6.18. The molecule has 2 saturated heterocycles. The van der Waals surface area contributed by atoms with Gasteiger partial charge in [-0.05, 0) is 47.0 Å². The first-order chi connectivity index (χ1) is 12.8. The number of anilines is 1. The van der Waals surface area contributed by atoms with Crippen LogP contribution in [0.5, 0.6) is 0 Å². The van der Waals surface area contributed by atoms with E-state index in [1.807, 2.05) is 25.8 Å². The fourth-order valence-corrected chi connectivity index (χ4v) is 4.11. The minimum absolute atomic E-state index is 0.0779. The Bertz CT molecular complexity index is 683. The topological polar surface area (TPSA) is 78.6 Å². The largest absolute Gasteiger partial charge is 0.355 e. The highest BCUT2D eigenvalue weighted by atomic mass is 16.2. The van der Waals surface area contributed by atoms with Gasteiger partial charge in [0.05, 0.1) is 0 Å². The molecule has 0 aliphatic carbocycles. The van der Waals surface area contributed by atoms with Crippen LogP contribution in [-0.2, 0) is 0 Å². The number of aryl methyl sites for hydroxylation is 1. The van der Waals surface area contributed by atoms with E-state index in [1.165, 1.54) is 0 Å². The Balaban J connectivity index is 1.75. The molecule has 2 N–H and O–H groups in total. The van der Waals surface area contributed by atoms with E-state index in [9.17, 15) is 4.79 Å². The number of nitrogens with two attached hydrogens (primary N) is 1. The third kappa shape index (κ3) is 4.24. The number of carbonyl (C=O) groups is 1. The first kappa shape index (κ1) is 20.0. The van der Waals surface area contributed by atoms with Gasteiger partial charge in [0.25, 0.3) is 5.91 Å². The fourth-order valence-electron chi connectivity index (χ4n) is 4.11. The minimum atomic E-state index is -0.0779. The van der Waals surface area contributed by atoms with Crippen molar-refractivity contribution < 1.29 is 4.79 Å². The van der Waals surface area contributed by atoms with Crippen LogP contribution in [0.3, 0.4) is 0 Å². The van der Waals surface area contributed by atoms with Crippen LogP contribution in [0.2, 0.25) is 0 Å². The Morgan fingerprint density at radius 2 is 1.81 bits per heavy atom. The number of aromatic nitrogens is 2. The summed E-state index contributed by atoms with van der Waals surface area (Å²) in [5, 5.41) is 0. The number of likely N-dealkylation sites (tertiary alicyclic amines) is 1. The molecule has 27 heavy (non-hydrogen) atoms. The summed E-state index contributed by atoms with van der Waals surface area (Å²) in [6.45, 7) is 12.2. The molecule has 0 bridgehead atoms. The molecular weight excluding hydrogens is 340 g/mol. The van der Waals surface area contributed by atoms with Crippen molar-refractivity contribution in [2.45, 2.75) is 65.1 Å². The van der Waals surface area contributed by atoms with Crippen LogP contribution in [0.25, 0.3) is 0 Å². The van der Waals surface area contributed by atoms with E-state index in [-0.39, 0.29) is 18.0 Å². The smallest absolute Gasteiger partial charge is 0.291 e. The van der Waals surface area contributed by atoms with Crippen LogP contribution >= 0.6 is 0 Å². The summed E-state index contributed by atoms with van der Waals surface area (Å²) in [5.41, 5.74) is 7.97. The van der Waals surface area contributed by atoms with Gasteiger partial charge >= 0.3 is 0 Å². The molecule has 2 aliphatic heterocycles. The monoisotopic (exact) mass is 374 g/mol. The molecule has 1 aromatic rings. The lowest BCUT2D eigenvalue weighted by molar-refractivity contribution is 0.0603. The van der Waals surface area contributed by atoms with Crippen molar-refractivity contribution in [2.24, 2.45) is 5.73 Å². The predicted molar refractivity (Wildman–Crippen MR) is 108 cm³/mol. The summed E-state index contributed by atoms with van der Waals surface area (Å²) in [7, 11) is 1.89. The Hall–Kier alpha value is -1.73. The number of rotatable bonds is 4. The van der Waals surface area contributed by atoms with Crippen molar-refractivity contribution in [3.8, 4) is 0 Å². The molecule has 1 aromatic heterocycles. The second-order valence-electron chi connectivity index (χ2n) is 8.35. The summed E-state index contributed by atoms with van der Waals surface area (Å²) >= 11 is 0. The standard InChI is InChI=1S/C20H34N6O/c1-13(2)25-10-7-17(8-11-25)24(5)20(27)18-22-15(4)14(3)19(23-18)26-9-6-16(21)12-26/h13,16-17H,6-12,21H2,1-5H3/t16-/m1/s1. The Labute approximate surface area is 162 Å². The van der Waals surface area contributed by atoms with Gasteiger partial charge in [-0.15, -0.1) is 0 Å². The fraction of sp³-hybridized carbons (Fsp3) is 0.750. The molecule has 0 radical (unpaired) electrons. The number of piperidine rings is 1. The molecule has 7 nitrogen and oxygen atoms in total. The van der Waals surface area contributed by atoms with Crippen LogP contribution in [-0.4, -0.2) is 77.0 Å². The summed E-state index contributed by atoms with van der Waals surface area (Å²) < 4.78 is 0. The van der Waals surface area contributed by atoms with Crippen molar-refractivity contribution in [2.75, 3.05) is 38.1 Å². The summed E-state index contributed by atoms with van der Waals surface area (Å²) in [5.74, 6) is 1.09. The normalized spacial score (nSPS) is 21.9. The quantitative estimate of drug-likeness (QED) is 0.862. The van der Waals surface area contributed by atoms with Crippen molar-refractivity contribution in [1.29, 1.82) is 0 Å². The molecule has 0 spiro atoms. The van der Waals surface area contributed by atoms with Crippen LogP contribution < -0.4 is 10.6 Å². The highest BCUT2D eigenvalue weighted by Crippen LogP contribution is 2.24. The number of hydrogen-bond acceptors (Lipinski definition) is 6. The maximum absolute atomic E-state index is 13.1. The number of nitrogens with zero attached hydrogens (tertiary/aromatic N) is 5. The lowest BCUT2D eigenvalue weighted by atomic mass is 10.0. The highest BCUT2D eigenvalue weighted by Gasteiger charge is 2.30. The van der Waals surface area contributed by atoms with Gasteiger partial charge < -0.3 is 20.4 Å². The van der Waals surface area contributed by atoms with Crippen LogP contribution in [0.15, 0.2) is 0 Å². The zero-order valence-electron chi connectivity index (χ0n) is 17.4. The van der Waals surface area contributed by atoms with Crippen LogP contribution in [0, 0.1) is 13.8 Å². The molecule has 3 rings (SSSR count). The van der Waals surface area contributed by atoms with Crippen molar-refractivity contribution in [3.63, 3.8) is 0 Å². The molecule has 1 amide bonds. The van der Waals surface area contributed by atoms with Gasteiger partial charge in [-0.3, -0.25) is 4.79 Å². The summed E-state index contributed by atoms with van der Waals surface area (Å²) in [6, 6.07) is 0.985.